The van der Waals surface area contributed by atoms with E-state index in [0.29, 0.717) is 11.5 Å². The summed E-state index contributed by atoms with van der Waals surface area (Å²) in [5.41, 5.74) is 8.37. The van der Waals surface area contributed by atoms with Gasteiger partial charge in [-0.1, -0.05) is 66.4 Å². The zero-order valence-corrected chi connectivity index (χ0v) is 19.7. The fourth-order valence-corrected chi connectivity index (χ4v) is 4.45. The van der Waals surface area contributed by atoms with Gasteiger partial charge in [0.05, 0.1) is 12.7 Å². The predicted octanol–water partition coefficient (Wildman–Crippen LogP) is 4.35. The molecule has 0 atom stereocenters. The largest absolute Gasteiger partial charge is 0.496 e. The number of aromatic nitrogens is 3. The van der Waals surface area contributed by atoms with Crippen LogP contribution in [0.4, 0.5) is 0 Å². The Morgan fingerprint density at radius 2 is 1.74 bits per heavy atom. The molecule has 0 aliphatic heterocycles. The lowest BCUT2D eigenvalue weighted by Gasteiger charge is -2.13. The molecule has 4 rings (SSSR count). The van der Waals surface area contributed by atoms with Crippen molar-refractivity contribution in [1.29, 1.82) is 0 Å². The molecule has 0 saturated heterocycles. The minimum absolute atomic E-state index is 0.146. The maximum Gasteiger partial charge on any atom is 0.255 e. The second-order valence-corrected chi connectivity index (χ2v) is 8.53. The minimum atomic E-state index is -0.504. The van der Waals surface area contributed by atoms with Crippen LogP contribution in [0.5, 0.6) is 11.5 Å². The zero-order chi connectivity index (χ0) is 23.8. The Kier molecular flexibility index (Phi) is 7.83. The number of aryl methyl sites for hydroxylation is 1. The monoisotopic (exact) mass is 474 g/mol. The van der Waals surface area contributed by atoms with E-state index in [1.165, 1.54) is 5.56 Å². The van der Waals surface area contributed by atoms with E-state index in [9.17, 15) is 4.79 Å². The molecule has 0 unspecified atom stereocenters. The molecule has 0 bridgehead atoms. The molecule has 1 aromatic heterocycles. The second-order valence-electron chi connectivity index (χ2n) is 7.58. The molecule has 0 fully saturated rings. The molecule has 2 N–H and O–H groups in total. The summed E-state index contributed by atoms with van der Waals surface area (Å²) in [6, 6.07) is 25.8. The normalized spacial score (nSPS) is 10.7. The molecule has 0 aliphatic carbocycles. The molecule has 34 heavy (non-hydrogen) atoms. The van der Waals surface area contributed by atoms with E-state index in [2.05, 4.69) is 26.9 Å². The first-order chi connectivity index (χ1) is 16.6. The van der Waals surface area contributed by atoms with E-state index in [-0.39, 0.29) is 6.61 Å². The average molecular weight is 475 g/mol. The van der Waals surface area contributed by atoms with Crippen LogP contribution in [-0.4, -0.2) is 34.4 Å². The highest BCUT2D eigenvalue weighted by atomic mass is 32.2. The van der Waals surface area contributed by atoms with Crippen LogP contribution in [0.1, 0.15) is 11.1 Å². The Labute approximate surface area is 202 Å². The number of hydrogen-bond donors (Lipinski definition) is 1. The number of carbonyl (C=O) groups is 1. The lowest BCUT2D eigenvalue weighted by atomic mass is 10.1. The van der Waals surface area contributed by atoms with Crippen molar-refractivity contribution in [2.45, 2.75) is 23.9 Å². The summed E-state index contributed by atoms with van der Waals surface area (Å²) in [6.45, 7) is 0.584. The summed E-state index contributed by atoms with van der Waals surface area (Å²) >= 11 is 1.60. The van der Waals surface area contributed by atoms with Gasteiger partial charge in [-0.05, 0) is 41.8 Å². The summed E-state index contributed by atoms with van der Waals surface area (Å²) in [5.74, 6) is 2.30. The van der Waals surface area contributed by atoms with Crippen molar-refractivity contribution >= 4 is 17.7 Å². The van der Waals surface area contributed by atoms with Crippen molar-refractivity contribution in [3.63, 3.8) is 0 Å². The van der Waals surface area contributed by atoms with Crippen molar-refractivity contribution in [1.82, 2.24) is 14.8 Å². The van der Waals surface area contributed by atoms with Gasteiger partial charge in [0.2, 0.25) is 0 Å². The quantitative estimate of drug-likeness (QED) is 0.325. The number of carbonyl (C=O) groups excluding carboxylic acids is 1. The molecule has 0 saturated carbocycles. The number of benzene rings is 3. The van der Waals surface area contributed by atoms with Crippen molar-refractivity contribution in [2.75, 3.05) is 13.7 Å². The number of nitrogens with zero attached hydrogens (tertiary/aromatic N) is 3. The second kappa shape index (κ2) is 11.4. The number of ether oxygens (including phenoxy) is 2. The van der Waals surface area contributed by atoms with Gasteiger partial charge >= 0.3 is 0 Å². The first-order valence-electron chi connectivity index (χ1n) is 10.9. The average Bonchev–Trinajstić information content (AvgIpc) is 3.28. The molecular formula is C26H26N4O3S. The Morgan fingerprint density at radius 1 is 0.971 bits per heavy atom. The van der Waals surface area contributed by atoms with E-state index in [1.54, 1.807) is 24.9 Å². The number of amides is 1. The van der Waals surface area contributed by atoms with Crippen molar-refractivity contribution in [3.05, 3.63) is 90.0 Å². The summed E-state index contributed by atoms with van der Waals surface area (Å²) < 4.78 is 13.1. The molecule has 7 nitrogen and oxygen atoms in total. The lowest BCUT2D eigenvalue weighted by molar-refractivity contribution is -0.119. The Bertz CT molecular complexity index is 1240. The molecule has 4 aromatic rings. The Balaban J connectivity index is 1.57. The number of rotatable bonds is 11. The van der Waals surface area contributed by atoms with Gasteiger partial charge in [0.25, 0.3) is 5.91 Å². The van der Waals surface area contributed by atoms with Crippen LogP contribution in [0.3, 0.4) is 0 Å². The third kappa shape index (κ3) is 5.96. The molecule has 1 heterocycles. The Hall–Kier alpha value is -3.78. The van der Waals surface area contributed by atoms with Gasteiger partial charge in [-0.25, -0.2) is 0 Å². The van der Waals surface area contributed by atoms with Gasteiger partial charge in [-0.3, -0.25) is 4.79 Å². The number of hydrogen-bond acceptors (Lipinski definition) is 6. The van der Waals surface area contributed by atoms with Crippen molar-refractivity contribution in [3.8, 4) is 22.9 Å². The van der Waals surface area contributed by atoms with Crippen LogP contribution in [0, 0.1) is 0 Å². The fourth-order valence-electron chi connectivity index (χ4n) is 3.54. The third-order valence-corrected chi connectivity index (χ3v) is 6.22. The topological polar surface area (TPSA) is 92.3 Å². The van der Waals surface area contributed by atoms with E-state index in [0.717, 1.165) is 40.8 Å². The maximum absolute atomic E-state index is 11.0. The molecule has 8 heteroatoms. The van der Waals surface area contributed by atoms with Gasteiger partial charge in [-0.15, -0.1) is 10.2 Å². The molecular weight excluding hydrogens is 448 g/mol. The van der Waals surface area contributed by atoms with Crippen LogP contribution in [-0.2, 0) is 23.5 Å². The lowest BCUT2D eigenvalue weighted by Crippen LogP contribution is -2.20. The number of thioether (sulfide) groups is 1. The standard InChI is InChI=1S/C26H26N4O3S/c1-32-23-13-6-5-12-22(23)25-28-29-26(30(25)15-14-19-8-3-2-4-9-19)34-18-20-10-7-11-21(16-20)33-17-24(27)31/h2-13,16H,14-15,17-18H2,1H3,(H2,27,31). The van der Waals surface area contributed by atoms with Crippen LogP contribution in [0.25, 0.3) is 11.4 Å². The van der Waals surface area contributed by atoms with Gasteiger partial charge in [0.15, 0.2) is 17.6 Å². The minimum Gasteiger partial charge on any atom is -0.496 e. The summed E-state index contributed by atoms with van der Waals surface area (Å²) in [5, 5.41) is 9.85. The van der Waals surface area contributed by atoms with Gasteiger partial charge in [-0.2, -0.15) is 0 Å². The van der Waals surface area contributed by atoms with E-state index in [4.69, 9.17) is 15.2 Å². The first kappa shape index (κ1) is 23.4. The molecule has 174 valence electrons. The molecule has 1 amide bonds. The summed E-state index contributed by atoms with van der Waals surface area (Å²) in [7, 11) is 1.66. The SMILES string of the molecule is COc1ccccc1-c1nnc(SCc2cccc(OCC(N)=O)c2)n1CCc1ccccc1. The smallest absolute Gasteiger partial charge is 0.255 e. The van der Waals surface area contributed by atoms with E-state index in [1.807, 2.05) is 60.7 Å². The van der Waals surface area contributed by atoms with Crippen LogP contribution in [0.2, 0.25) is 0 Å². The van der Waals surface area contributed by atoms with Crippen molar-refractivity contribution in [2.24, 2.45) is 5.73 Å². The summed E-state index contributed by atoms with van der Waals surface area (Å²) in [4.78, 5) is 11.0. The zero-order valence-electron chi connectivity index (χ0n) is 18.9. The number of primary amides is 1. The maximum atomic E-state index is 11.0. The number of methoxy groups -OCH3 is 1. The highest BCUT2D eigenvalue weighted by Gasteiger charge is 2.17. The summed E-state index contributed by atoms with van der Waals surface area (Å²) in [6.07, 6.45) is 0.852. The van der Waals surface area contributed by atoms with Crippen LogP contribution >= 0.6 is 11.8 Å². The number of nitrogens with two attached hydrogens (primary N) is 1. The fraction of sp³-hybridized carbons (Fsp3) is 0.192. The Morgan fingerprint density at radius 3 is 2.53 bits per heavy atom. The molecule has 3 aromatic carbocycles. The van der Waals surface area contributed by atoms with Crippen molar-refractivity contribution < 1.29 is 14.3 Å². The van der Waals surface area contributed by atoms with Gasteiger partial charge in [0, 0.05) is 12.3 Å². The molecule has 0 radical (unpaired) electrons. The third-order valence-electron chi connectivity index (χ3n) is 5.18. The first-order valence-corrected chi connectivity index (χ1v) is 11.9. The van der Waals surface area contributed by atoms with Crippen LogP contribution in [0.15, 0.2) is 84.0 Å². The number of para-hydroxylation sites is 1. The molecule has 0 spiro atoms. The van der Waals surface area contributed by atoms with Gasteiger partial charge < -0.3 is 19.8 Å². The van der Waals surface area contributed by atoms with E-state index >= 15 is 0 Å². The highest BCUT2D eigenvalue weighted by molar-refractivity contribution is 7.98. The highest BCUT2D eigenvalue weighted by Crippen LogP contribution is 2.32. The molecule has 0 aliphatic rings. The van der Waals surface area contributed by atoms with E-state index < -0.39 is 5.91 Å². The van der Waals surface area contributed by atoms with Crippen LogP contribution < -0.4 is 15.2 Å². The van der Waals surface area contributed by atoms with Gasteiger partial charge in [0.1, 0.15) is 11.5 Å². The predicted molar refractivity (Wildman–Crippen MR) is 133 cm³/mol.